The molecule has 130 valence electrons. The fraction of sp³-hybridized carbons (Fsp3) is 0.318. The lowest BCUT2D eigenvalue weighted by Crippen LogP contribution is -2.28. The highest BCUT2D eigenvalue weighted by molar-refractivity contribution is 5.98. The molecular formula is C22H23FO2. The predicted octanol–water partition coefficient (Wildman–Crippen LogP) is 4.89. The summed E-state index contributed by atoms with van der Waals surface area (Å²) in [6, 6.07) is 15.6. The number of carbonyl (C=O) groups excluding carboxylic acids is 1. The van der Waals surface area contributed by atoms with Gasteiger partial charge in [0.25, 0.3) is 0 Å². The number of rotatable bonds is 5. The van der Waals surface area contributed by atoms with Crippen LogP contribution in [-0.4, -0.2) is 17.0 Å². The van der Waals surface area contributed by atoms with E-state index >= 15 is 0 Å². The fourth-order valence-electron chi connectivity index (χ4n) is 3.73. The molecule has 1 aliphatic carbocycles. The molecule has 2 aromatic rings. The summed E-state index contributed by atoms with van der Waals surface area (Å²) in [5, 5.41) is 10.7. The Morgan fingerprint density at radius 3 is 2.44 bits per heavy atom. The van der Waals surface area contributed by atoms with Gasteiger partial charge in [0.05, 0.1) is 6.10 Å². The van der Waals surface area contributed by atoms with Crippen molar-refractivity contribution in [2.75, 3.05) is 0 Å². The zero-order chi connectivity index (χ0) is 17.8. The Balaban J connectivity index is 1.76. The molecule has 0 aromatic heterocycles. The molecule has 0 amide bonds. The Hall–Kier alpha value is -2.26. The molecule has 1 saturated carbocycles. The number of carbonyl (C=O) groups is 1. The number of hydrogen-bond donors (Lipinski definition) is 1. The molecule has 3 heteroatoms. The van der Waals surface area contributed by atoms with Crippen LogP contribution < -0.4 is 0 Å². The number of aliphatic hydroxyl groups is 1. The van der Waals surface area contributed by atoms with E-state index in [2.05, 4.69) is 0 Å². The van der Waals surface area contributed by atoms with Gasteiger partial charge in [-0.25, -0.2) is 4.39 Å². The lowest BCUT2D eigenvalue weighted by molar-refractivity contribution is 0.0777. The third-order valence-electron chi connectivity index (χ3n) is 5.12. The van der Waals surface area contributed by atoms with Crippen molar-refractivity contribution in [1.29, 1.82) is 0 Å². The van der Waals surface area contributed by atoms with Crippen molar-refractivity contribution in [3.05, 3.63) is 77.6 Å². The lowest BCUT2D eigenvalue weighted by Gasteiger charge is -2.22. The molecule has 3 atom stereocenters. The smallest absolute Gasteiger partial charge is 0.166 e. The first kappa shape index (κ1) is 17.6. The number of ketones is 1. The highest BCUT2D eigenvalue weighted by Crippen LogP contribution is 2.37. The van der Waals surface area contributed by atoms with Crippen LogP contribution in [0.15, 0.2) is 60.7 Å². The fourth-order valence-corrected chi connectivity index (χ4v) is 3.73. The third kappa shape index (κ3) is 4.05. The molecule has 1 N–H and O–H groups in total. The second-order valence-electron chi connectivity index (χ2n) is 6.78. The van der Waals surface area contributed by atoms with Crippen LogP contribution in [-0.2, 0) is 0 Å². The number of Topliss-reactive ketones (excluding diaryl/α,β-unsaturated/α-hetero) is 1. The first-order chi connectivity index (χ1) is 12.1. The summed E-state index contributed by atoms with van der Waals surface area (Å²) < 4.78 is 13.1. The van der Waals surface area contributed by atoms with Gasteiger partial charge in [0.15, 0.2) is 5.78 Å². The molecule has 0 radical (unpaired) electrons. The molecule has 1 aliphatic rings. The highest BCUT2D eigenvalue weighted by Gasteiger charge is 2.37. The predicted molar refractivity (Wildman–Crippen MR) is 97.7 cm³/mol. The average Bonchev–Trinajstić information content (AvgIpc) is 3.12. The van der Waals surface area contributed by atoms with Crippen LogP contribution in [0.5, 0.6) is 0 Å². The summed E-state index contributed by atoms with van der Waals surface area (Å²) in [4.78, 5) is 12.8. The van der Waals surface area contributed by atoms with E-state index in [1.807, 2.05) is 43.3 Å². The van der Waals surface area contributed by atoms with Crippen molar-refractivity contribution < 1.29 is 14.3 Å². The van der Waals surface area contributed by atoms with Gasteiger partial charge in [-0.15, -0.1) is 0 Å². The summed E-state index contributed by atoms with van der Waals surface area (Å²) >= 11 is 0. The minimum atomic E-state index is -0.655. The van der Waals surface area contributed by atoms with Crippen LogP contribution in [0, 0.1) is 17.7 Å². The molecule has 0 saturated heterocycles. The van der Waals surface area contributed by atoms with E-state index in [9.17, 15) is 14.3 Å². The maximum atomic E-state index is 13.1. The summed E-state index contributed by atoms with van der Waals surface area (Å²) in [5.74, 6) is -0.634. The average molecular weight is 338 g/mol. The molecule has 0 bridgehead atoms. The van der Waals surface area contributed by atoms with Gasteiger partial charge in [-0.1, -0.05) is 42.8 Å². The van der Waals surface area contributed by atoms with Crippen LogP contribution in [0.3, 0.4) is 0 Å². The van der Waals surface area contributed by atoms with E-state index in [4.69, 9.17) is 0 Å². The Labute approximate surface area is 148 Å². The second-order valence-corrected chi connectivity index (χ2v) is 6.78. The van der Waals surface area contributed by atoms with Crippen LogP contribution in [0.1, 0.15) is 42.1 Å². The maximum Gasteiger partial charge on any atom is 0.166 e. The van der Waals surface area contributed by atoms with Gasteiger partial charge in [-0.3, -0.25) is 4.79 Å². The molecule has 0 unspecified atom stereocenters. The first-order valence-electron chi connectivity index (χ1n) is 8.78. The first-order valence-corrected chi connectivity index (χ1v) is 8.78. The second kappa shape index (κ2) is 7.75. The van der Waals surface area contributed by atoms with Crippen LogP contribution >= 0.6 is 0 Å². The third-order valence-corrected chi connectivity index (χ3v) is 5.12. The quantitative estimate of drug-likeness (QED) is 0.788. The Bertz CT molecular complexity index is 749. The van der Waals surface area contributed by atoms with Crippen molar-refractivity contribution in [2.24, 2.45) is 11.8 Å². The van der Waals surface area contributed by atoms with Gasteiger partial charge < -0.3 is 5.11 Å². The summed E-state index contributed by atoms with van der Waals surface area (Å²) in [7, 11) is 0. The van der Waals surface area contributed by atoms with Crippen molar-refractivity contribution in [1.82, 2.24) is 0 Å². The summed E-state index contributed by atoms with van der Waals surface area (Å²) in [6.45, 7) is 1.98. The Kier molecular flexibility index (Phi) is 5.44. The number of aliphatic hydroxyl groups excluding tert-OH is 1. The number of benzene rings is 2. The standard InChI is InChI=1S/C22H23FO2/c1-15(16-6-3-2-4-7-16)14-21(24)19-8-5-9-20(19)22(25)17-10-12-18(23)13-11-17/h2-4,6-7,10-14,19-21,24H,5,8-9H2,1H3/b15-14+/t19-,20-,21-/m0/s1. The molecule has 0 aliphatic heterocycles. The molecule has 2 nitrogen and oxygen atoms in total. The lowest BCUT2D eigenvalue weighted by atomic mass is 9.84. The molecule has 2 aromatic carbocycles. The molecule has 3 rings (SSSR count). The van der Waals surface area contributed by atoms with Crippen LogP contribution in [0.4, 0.5) is 4.39 Å². The van der Waals surface area contributed by atoms with Crippen molar-refractivity contribution in [2.45, 2.75) is 32.3 Å². The van der Waals surface area contributed by atoms with E-state index in [-0.39, 0.29) is 23.4 Å². The zero-order valence-corrected chi connectivity index (χ0v) is 14.4. The summed E-state index contributed by atoms with van der Waals surface area (Å²) in [5.41, 5.74) is 2.60. The van der Waals surface area contributed by atoms with Crippen LogP contribution in [0.2, 0.25) is 0 Å². The number of halogens is 1. The molecular weight excluding hydrogens is 315 g/mol. The molecule has 25 heavy (non-hydrogen) atoms. The Morgan fingerprint density at radius 2 is 1.76 bits per heavy atom. The highest BCUT2D eigenvalue weighted by atomic mass is 19.1. The largest absolute Gasteiger partial charge is 0.389 e. The minimum absolute atomic E-state index is 0.00677. The SMILES string of the molecule is C/C(=C\[C@H](O)[C@H]1CCC[C@@H]1C(=O)c1ccc(F)cc1)c1ccccc1. The van der Waals surface area contributed by atoms with E-state index in [0.29, 0.717) is 5.56 Å². The van der Waals surface area contributed by atoms with Gasteiger partial charge in [-0.2, -0.15) is 0 Å². The minimum Gasteiger partial charge on any atom is -0.389 e. The van der Waals surface area contributed by atoms with Crippen LogP contribution in [0.25, 0.3) is 5.57 Å². The molecule has 1 fully saturated rings. The topological polar surface area (TPSA) is 37.3 Å². The number of hydrogen-bond acceptors (Lipinski definition) is 2. The van der Waals surface area contributed by atoms with Crippen molar-refractivity contribution in [3.63, 3.8) is 0 Å². The van der Waals surface area contributed by atoms with Gasteiger partial charge in [-0.05, 0) is 61.1 Å². The maximum absolute atomic E-state index is 13.1. The van der Waals surface area contributed by atoms with E-state index in [0.717, 1.165) is 30.4 Å². The van der Waals surface area contributed by atoms with Crippen molar-refractivity contribution in [3.8, 4) is 0 Å². The van der Waals surface area contributed by atoms with Gasteiger partial charge in [0.2, 0.25) is 0 Å². The van der Waals surface area contributed by atoms with Crippen molar-refractivity contribution >= 4 is 11.4 Å². The van der Waals surface area contributed by atoms with E-state index in [1.165, 1.54) is 24.3 Å². The van der Waals surface area contributed by atoms with E-state index < -0.39 is 6.10 Å². The van der Waals surface area contributed by atoms with Gasteiger partial charge in [0.1, 0.15) is 5.82 Å². The number of allylic oxidation sites excluding steroid dienone is 1. The Morgan fingerprint density at radius 1 is 1.08 bits per heavy atom. The summed E-state index contributed by atoms with van der Waals surface area (Å²) in [6.07, 6.45) is 3.73. The molecule has 0 spiro atoms. The van der Waals surface area contributed by atoms with Gasteiger partial charge in [0, 0.05) is 11.5 Å². The van der Waals surface area contributed by atoms with Gasteiger partial charge >= 0.3 is 0 Å². The zero-order valence-electron chi connectivity index (χ0n) is 14.4. The van der Waals surface area contributed by atoms with E-state index in [1.54, 1.807) is 0 Å². The normalized spacial score (nSPS) is 22.0. The molecule has 0 heterocycles. The monoisotopic (exact) mass is 338 g/mol.